The molecule has 1 aromatic rings. The first-order chi connectivity index (χ1) is 8.90. The summed E-state index contributed by atoms with van der Waals surface area (Å²) in [6, 6.07) is 4.31. The summed E-state index contributed by atoms with van der Waals surface area (Å²) in [4.78, 5) is 0.222. The molecule has 4 N–H and O–H groups in total. The van der Waals surface area contributed by atoms with E-state index < -0.39 is 22.2 Å². The number of aliphatic hydroxyl groups excluding tert-OH is 1. The van der Waals surface area contributed by atoms with Gasteiger partial charge in [0.05, 0.1) is 11.0 Å². The summed E-state index contributed by atoms with van der Waals surface area (Å²) >= 11 is 0. The maximum Gasteiger partial charge on any atom is 0.241 e. The van der Waals surface area contributed by atoms with Gasteiger partial charge in [-0.05, 0) is 43.5 Å². The van der Waals surface area contributed by atoms with E-state index in [2.05, 4.69) is 4.72 Å². The Morgan fingerprint density at radius 1 is 1.32 bits per heavy atom. The van der Waals surface area contributed by atoms with Crippen LogP contribution in [0.5, 0.6) is 0 Å². The van der Waals surface area contributed by atoms with Crippen molar-refractivity contribution < 1.29 is 13.5 Å². The number of sulfonamides is 1. The predicted molar refractivity (Wildman–Crippen MR) is 74.2 cm³/mol. The third kappa shape index (κ3) is 3.26. The minimum atomic E-state index is -3.61. The molecule has 0 aliphatic heterocycles. The molecule has 1 saturated carbocycles. The summed E-state index contributed by atoms with van der Waals surface area (Å²) in [7, 11) is -3.61. The molecule has 0 spiro atoms. The van der Waals surface area contributed by atoms with Crippen molar-refractivity contribution >= 4 is 15.7 Å². The SMILES string of the molecule is Cc1cc(N)ccc1S(=O)(=O)N[C@@H]1CCCC[C@H]1O. The molecule has 1 aliphatic rings. The van der Waals surface area contributed by atoms with Gasteiger partial charge in [-0.2, -0.15) is 0 Å². The highest BCUT2D eigenvalue weighted by Gasteiger charge is 2.28. The maximum atomic E-state index is 12.3. The number of nitrogens with two attached hydrogens (primary N) is 1. The molecule has 2 atom stereocenters. The molecule has 2 rings (SSSR count). The van der Waals surface area contributed by atoms with E-state index in [9.17, 15) is 13.5 Å². The van der Waals surface area contributed by atoms with Gasteiger partial charge in [-0.25, -0.2) is 13.1 Å². The monoisotopic (exact) mass is 284 g/mol. The second-order valence-electron chi connectivity index (χ2n) is 5.10. The Kier molecular flexibility index (Phi) is 4.13. The van der Waals surface area contributed by atoms with Gasteiger partial charge in [0.25, 0.3) is 0 Å². The lowest BCUT2D eigenvalue weighted by Gasteiger charge is -2.28. The Hall–Kier alpha value is -1.11. The summed E-state index contributed by atoms with van der Waals surface area (Å²) in [5, 5.41) is 9.85. The van der Waals surface area contributed by atoms with Gasteiger partial charge in [0.15, 0.2) is 0 Å². The zero-order valence-corrected chi connectivity index (χ0v) is 11.8. The smallest absolute Gasteiger partial charge is 0.241 e. The van der Waals surface area contributed by atoms with E-state index in [1.165, 1.54) is 6.07 Å². The van der Waals surface area contributed by atoms with Crippen molar-refractivity contribution in [2.45, 2.75) is 49.6 Å². The first-order valence-electron chi connectivity index (χ1n) is 6.46. The van der Waals surface area contributed by atoms with Crippen LogP contribution in [-0.4, -0.2) is 25.7 Å². The van der Waals surface area contributed by atoms with E-state index in [0.717, 1.165) is 12.8 Å². The largest absolute Gasteiger partial charge is 0.399 e. The number of hydrogen-bond donors (Lipinski definition) is 3. The van der Waals surface area contributed by atoms with Crippen molar-refractivity contribution in [3.8, 4) is 0 Å². The average molecular weight is 284 g/mol. The van der Waals surface area contributed by atoms with Crippen molar-refractivity contribution in [2.24, 2.45) is 0 Å². The van der Waals surface area contributed by atoms with Crippen LogP contribution in [-0.2, 0) is 10.0 Å². The summed E-state index contributed by atoms with van der Waals surface area (Å²) in [5.74, 6) is 0. The van der Waals surface area contributed by atoms with E-state index in [-0.39, 0.29) is 4.90 Å². The molecule has 0 heterocycles. The van der Waals surface area contributed by atoms with Gasteiger partial charge < -0.3 is 10.8 Å². The molecule has 19 heavy (non-hydrogen) atoms. The van der Waals surface area contributed by atoms with Crippen molar-refractivity contribution in [1.82, 2.24) is 4.72 Å². The molecule has 0 radical (unpaired) electrons. The van der Waals surface area contributed by atoms with Crippen LogP contribution in [0.15, 0.2) is 23.1 Å². The van der Waals surface area contributed by atoms with Crippen LogP contribution < -0.4 is 10.5 Å². The quantitative estimate of drug-likeness (QED) is 0.726. The molecule has 1 aromatic carbocycles. The number of aliphatic hydroxyl groups is 1. The van der Waals surface area contributed by atoms with Gasteiger partial charge in [-0.15, -0.1) is 0 Å². The number of aryl methyl sites for hydroxylation is 1. The lowest BCUT2D eigenvalue weighted by Crippen LogP contribution is -2.45. The van der Waals surface area contributed by atoms with Gasteiger partial charge in [0.2, 0.25) is 10.0 Å². The highest BCUT2D eigenvalue weighted by Crippen LogP contribution is 2.22. The standard InChI is InChI=1S/C13H20N2O3S/c1-9-8-10(14)6-7-13(9)19(17,18)15-11-4-2-3-5-12(11)16/h6-8,11-12,15-16H,2-5,14H2,1H3/t11-,12-/m1/s1. The summed E-state index contributed by atoms with van der Waals surface area (Å²) < 4.78 is 27.2. The molecule has 0 saturated heterocycles. The topological polar surface area (TPSA) is 92.4 Å². The predicted octanol–water partition coefficient (Wildman–Crippen LogP) is 1.16. The second-order valence-corrected chi connectivity index (χ2v) is 6.79. The fraction of sp³-hybridized carbons (Fsp3) is 0.538. The normalized spacial score (nSPS) is 24.3. The zero-order valence-electron chi connectivity index (χ0n) is 11.0. The molecule has 1 aliphatic carbocycles. The summed E-state index contributed by atoms with van der Waals surface area (Å²) in [5.41, 5.74) is 6.77. The molecular weight excluding hydrogens is 264 g/mol. The molecule has 106 valence electrons. The molecule has 6 heteroatoms. The van der Waals surface area contributed by atoms with Crippen molar-refractivity contribution in [3.63, 3.8) is 0 Å². The highest BCUT2D eigenvalue weighted by molar-refractivity contribution is 7.89. The van der Waals surface area contributed by atoms with Crippen LogP contribution in [0, 0.1) is 6.92 Å². The van der Waals surface area contributed by atoms with Crippen LogP contribution in [0.3, 0.4) is 0 Å². The van der Waals surface area contributed by atoms with Crippen LogP contribution in [0.25, 0.3) is 0 Å². The zero-order chi connectivity index (χ0) is 14.0. The maximum absolute atomic E-state index is 12.3. The first kappa shape index (κ1) is 14.3. The third-order valence-electron chi connectivity index (χ3n) is 3.52. The summed E-state index contributed by atoms with van der Waals surface area (Å²) in [6.45, 7) is 1.71. The van der Waals surface area contributed by atoms with Gasteiger partial charge in [-0.1, -0.05) is 12.8 Å². The Morgan fingerprint density at radius 2 is 2.00 bits per heavy atom. The fourth-order valence-electron chi connectivity index (χ4n) is 2.49. The third-order valence-corrected chi connectivity index (χ3v) is 5.17. The van der Waals surface area contributed by atoms with Crippen molar-refractivity contribution in [1.29, 1.82) is 0 Å². The number of nitrogens with one attached hydrogen (secondary N) is 1. The molecule has 5 nitrogen and oxygen atoms in total. The Labute approximate surface area is 113 Å². The minimum Gasteiger partial charge on any atom is -0.399 e. The second kappa shape index (κ2) is 5.48. The molecule has 0 bridgehead atoms. The number of benzene rings is 1. The van der Waals surface area contributed by atoms with Gasteiger partial charge >= 0.3 is 0 Å². The van der Waals surface area contributed by atoms with Crippen LogP contribution >= 0.6 is 0 Å². The van der Waals surface area contributed by atoms with Gasteiger partial charge in [-0.3, -0.25) is 0 Å². The van der Waals surface area contributed by atoms with E-state index in [1.807, 2.05) is 0 Å². The minimum absolute atomic E-state index is 0.222. The van der Waals surface area contributed by atoms with Gasteiger partial charge in [0.1, 0.15) is 0 Å². The van der Waals surface area contributed by atoms with Crippen LogP contribution in [0.1, 0.15) is 31.2 Å². The Balaban J connectivity index is 2.22. The van der Waals surface area contributed by atoms with Crippen LogP contribution in [0.2, 0.25) is 0 Å². The van der Waals surface area contributed by atoms with Gasteiger partial charge in [0, 0.05) is 11.7 Å². The molecular formula is C13H20N2O3S. The number of rotatable bonds is 3. The fourth-order valence-corrected chi connectivity index (χ4v) is 4.02. The van der Waals surface area contributed by atoms with Crippen molar-refractivity contribution in [3.05, 3.63) is 23.8 Å². The molecule has 0 aromatic heterocycles. The molecule has 0 unspecified atom stereocenters. The van der Waals surface area contributed by atoms with E-state index in [1.54, 1.807) is 19.1 Å². The van der Waals surface area contributed by atoms with E-state index in [4.69, 9.17) is 5.73 Å². The Bertz CT molecular complexity index is 557. The average Bonchev–Trinajstić information content (AvgIpc) is 2.31. The summed E-state index contributed by atoms with van der Waals surface area (Å²) in [6.07, 6.45) is 2.60. The number of nitrogen functional groups attached to an aromatic ring is 1. The van der Waals surface area contributed by atoms with E-state index in [0.29, 0.717) is 24.1 Å². The molecule has 0 amide bonds. The number of hydrogen-bond acceptors (Lipinski definition) is 4. The first-order valence-corrected chi connectivity index (χ1v) is 7.95. The van der Waals surface area contributed by atoms with E-state index >= 15 is 0 Å². The Morgan fingerprint density at radius 3 is 2.63 bits per heavy atom. The lowest BCUT2D eigenvalue weighted by atomic mass is 9.93. The number of anilines is 1. The van der Waals surface area contributed by atoms with Crippen LogP contribution in [0.4, 0.5) is 5.69 Å². The lowest BCUT2D eigenvalue weighted by molar-refractivity contribution is 0.101. The molecule has 1 fully saturated rings. The highest BCUT2D eigenvalue weighted by atomic mass is 32.2. The van der Waals surface area contributed by atoms with Crippen molar-refractivity contribution in [2.75, 3.05) is 5.73 Å².